The van der Waals surface area contributed by atoms with E-state index in [4.69, 9.17) is 0 Å². The first-order valence-electron chi connectivity index (χ1n) is 11.8. The molecule has 4 heteroatoms. The Morgan fingerprint density at radius 3 is 2.52 bits per heavy atom. The van der Waals surface area contributed by atoms with Crippen LogP contribution >= 0.6 is 0 Å². The predicted molar refractivity (Wildman–Crippen MR) is 131 cm³/mol. The SMILES string of the molecule is Cn1c2c(c3ccccc31)C[C@]1(O)CN(Cc3ccccc3)CC[C@@]1(c1cccc(O)c1)C2. The number of hydrogen-bond donors (Lipinski definition) is 2. The summed E-state index contributed by atoms with van der Waals surface area (Å²) in [5, 5.41) is 24.1. The van der Waals surface area contributed by atoms with Crippen molar-refractivity contribution in [3.05, 3.63) is 101 Å². The van der Waals surface area contributed by atoms with Crippen LogP contribution in [0.25, 0.3) is 10.9 Å². The van der Waals surface area contributed by atoms with Gasteiger partial charge >= 0.3 is 0 Å². The first-order chi connectivity index (χ1) is 16.0. The first-order valence-corrected chi connectivity index (χ1v) is 11.8. The van der Waals surface area contributed by atoms with Gasteiger partial charge in [-0.3, -0.25) is 4.90 Å². The van der Waals surface area contributed by atoms with Crippen molar-refractivity contribution >= 4 is 10.9 Å². The van der Waals surface area contributed by atoms with E-state index >= 15 is 0 Å². The maximum absolute atomic E-state index is 12.5. The molecule has 0 saturated carbocycles. The molecule has 33 heavy (non-hydrogen) atoms. The van der Waals surface area contributed by atoms with Gasteiger partial charge < -0.3 is 14.8 Å². The van der Waals surface area contributed by atoms with Crippen LogP contribution < -0.4 is 0 Å². The number of aliphatic hydroxyl groups is 1. The van der Waals surface area contributed by atoms with Crippen LogP contribution in [0.2, 0.25) is 0 Å². The third-order valence-electron chi connectivity index (χ3n) is 8.16. The minimum absolute atomic E-state index is 0.263. The molecule has 3 aromatic carbocycles. The van der Waals surface area contributed by atoms with Gasteiger partial charge in [0.1, 0.15) is 5.75 Å². The maximum atomic E-state index is 12.5. The topological polar surface area (TPSA) is 48.6 Å². The van der Waals surface area contributed by atoms with Gasteiger partial charge in [-0.2, -0.15) is 0 Å². The zero-order chi connectivity index (χ0) is 22.6. The van der Waals surface area contributed by atoms with Gasteiger partial charge in [0, 0.05) is 55.0 Å². The van der Waals surface area contributed by atoms with E-state index in [1.54, 1.807) is 6.07 Å². The van der Waals surface area contributed by atoms with E-state index in [1.165, 1.54) is 27.7 Å². The van der Waals surface area contributed by atoms with Crippen molar-refractivity contribution in [1.82, 2.24) is 9.47 Å². The van der Waals surface area contributed by atoms with Crippen molar-refractivity contribution in [3.63, 3.8) is 0 Å². The zero-order valence-electron chi connectivity index (χ0n) is 19.0. The number of aromatic hydroxyl groups is 1. The Hall–Kier alpha value is -3.08. The van der Waals surface area contributed by atoms with Crippen molar-refractivity contribution in [2.24, 2.45) is 7.05 Å². The second-order valence-corrected chi connectivity index (χ2v) is 9.97. The maximum Gasteiger partial charge on any atom is 0.115 e. The fourth-order valence-corrected chi connectivity index (χ4v) is 6.48. The Bertz CT molecular complexity index is 1330. The molecule has 0 spiro atoms. The molecule has 1 fully saturated rings. The van der Waals surface area contributed by atoms with Crippen LogP contribution in [0.5, 0.6) is 5.75 Å². The highest BCUT2D eigenvalue weighted by atomic mass is 16.3. The first kappa shape index (κ1) is 20.5. The van der Waals surface area contributed by atoms with Crippen molar-refractivity contribution in [2.75, 3.05) is 13.1 Å². The molecule has 168 valence electrons. The van der Waals surface area contributed by atoms with Crippen LogP contribution in [-0.2, 0) is 31.8 Å². The molecule has 1 aromatic heterocycles. The highest BCUT2D eigenvalue weighted by Crippen LogP contribution is 2.52. The van der Waals surface area contributed by atoms with Gasteiger partial charge in [-0.25, -0.2) is 0 Å². The van der Waals surface area contributed by atoms with Crippen LogP contribution in [-0.4, -0.2) is 38.4 Å². The summed E-state index contributed by atoms with van der Waals surface area (Å²) < 4.78 is 2.31. The van der Waals surface area contributed by atoms with Crippen LogP contribution in [0.15, 0.2) is 78.9 Å². The van der Waals surface area contributed by atoms with E-state index in [-0.39, 0.29) is 5.75 Å². The molecule has 1 aliphatic carbocycles. The van der Waals surface area contributed by atoms with Gasteiger partial charge in [-0.1, -0.05) is 60.7 Å². The molecule has 1 saturated heterocycles. The number of benzene rings is 3. The lowest BCUT2D eigenvalue weighted by atomic mass is 9.56. The number of phenolic OH excluding ortho intramolecular Hbond substituents is 1. The summed E-state index contributed by atoms with van der Waals surface area (Å²) in [5.74, 6) is 0.263. The summed E-state index contributed by atoms with van der Waals surface area (Å²) in [5.41, 5.74) is 4.75. The molecule has 6 rings (SSSR count). The van der Waals surface area contributed by atoms with Gasteiger partial charge in [0.2, 0.25) is 0 Å². The molecule has 4 aromatic rings. The summed E-state index contributed by atoms with van der Waals surface area (Å²) in [6, 6.07) is 26.6. The van der Waals surface area contributed by atoms with Gasteiger partial charge in [0.15, 0.2) is 0 Å². The number of nitrogens with zero attached hydrogens (tertiary/aromatic N) is 2. The number of fused-ring (bicyclic) bond motifs is 4. The van der Waals surface area contributed by atoms with Crippen LogP contribution in [0.3, 0.4) is 0 Å². The Kier molecular flexibility index (Phi) is 4.65. The second-order valence-electron chi connectivity index (χ2n) is 9.97. The van der Waals surface area contributed by atoms with E-state index in [0.717, 1.165) is 31.5 Å². The van der Waals surface area contributed by atoms with E-state index < -0.39 is 11.0 Å². The molecule has 2 aliphatic rings. The third kappa shape index (κ3) is 3.12. The van der Waals surface area contributed by atoms with E-state index in [1.807, 2.05) is 18.2 Å². The minimum atomic E-state index is -0.926. The zero-order valence-corrected chi connectivity index (χ0v) is 19.0. The normalized spacial score (nSPS) is 25.0. The number of β-amino-alcohol motifs (C(OH)–C–C–N with tert-alkyl or cyclic N) is 1. The number of phenols is 1. The molecule has 4 nitrogen and oxygen atoms in total. The molecule has 0 radical (unpaired) electrons. The molecular weight excluding hydrogens is 408 g/mol. The molecule has 0 amide bonds. The highest BCUT2D eigenvalue weighted by Gasteiger charge is 2.57. The van der Waals surface area contributed by atoms with Gasteiger partial charge in [-0.05, 0) is 47.9 Å². The lowest BCUT2D eigenvalue weighted by Gasteiger charge is -2.56. The van der Waals surface area contributed by atoms with Crippen molar-refractivity contribution in [3.8, 4) is 5.75 Å². The molecule has 0 unspecified atom stereocenters. The van der Waals surface area contributed by atoms with Gasteiger partial charge in [-0.15, -0.1) is 0 Å². The molecule has 0 bridgehead atoms. The monoisotopic (exact) mass is 438 g/mol. The number of piperidine rings is 1. The molecule has 2 atom stereocenters. The standard InChI is InChI=1S/C29H30N2O2/c1-30-26-13-6-5-12-24(26)25-17-29(33)20-31(19-21-8-3-2-4-9-21)15-14-28(29,18-27(25)30)22-10-7-11-23(32)16-22/h2-13,16,32-33H,14-15,17-20H2,1H3/t28-,29-/m0/s1. The lowest BCUT2D eigenvalue weighted by Crippen LogP contribution is -2.66. The van der Waals surface area contributed by atoms with E-state index in [0.29, 0.717) is 13.0 Å². The van der Waals surface area contributed by atoms with Crippen LogP contribution in [0, 0.1) is 0 Å². The molecule has 2 heterocycles. The summed E-state index contributed by atoms with van der Waals surface area (Å²) in [7, 11) is 2.15. The fraction of sp³-hybridized carbons (Fsp3) is 0.310. The van der Waals surface area contributed by atoms with Crippen molar-refractivity contribution < 1.29 is 10.2 Å². The average Bonchev–Trinajstić information content (AvgIpc) is 3.08. The number of hydrogen-bond acceptors (Lipinski definition) is 3. The third-order valence-corrected chi connectivity index (χ3v) is 8.16. The van der Waals surface area contributed by atoms with Crippen LogP contribution in [0.4, 0.5) is 0 Å². The minimum Gasteiger partial charge on any atom is -0.508 e. The summed E-state index contributed by atoms with van der Waals surface area (Å²) in [6.07, 6.45) is 2.23. The largest absolute Gasteiger partial charge is 0.508 e. The molecular formula is C29H30N2O2. The van der Waals surface area contributed by atoms with E-state index in [9.17, 15) is 10.2 Å². The smallest absolute Gasteiger partial charge is 0.115 e. The second kappa shape index (κ2) is 7.47. The number of likely N-dealkylation sites (tertiary alicyclic amines) is 1. The number of para-hydroxylation sites is 1. The van der Waals surface area contributed by atoms with Crippen molar-refractivity contribution in [1.29, 1.82) is 0 Å². The summed E-state index contributed by atoms with van der Waals surface area (Å²) in [4.78, 5) is 2.40. The summed E-state index contributed by atoms with van der Waals surface area (Å²) in [6.45, 7) is 2.36. The van der Waals surface area contributed by atoms with E-state index in [2.05, 4.69) is 71.1 Å². The van der Waals surface area contributed by atoms with Crippen molar-refractivity contribution in [2.45, 2.75) is 36.8 Å². The lowest BCUT2D eigenvalue weighted by molar-refractivity contribution is -0.105. The number of aryl methyl sites for hydroxylation is 1. The Morgan fingerprint density at radius 2 is 1.70 bits per heavy atom. The highest BCUT2D eigenvalue weighted by molar-refractivity contribution is 5.86. The molecule has 1 aliphatic heterocycles. The van der Waals surface area contributed by atoms with Crippen LogP contribution in [0.1, 0.15) is 28.8 Å². The Balaban J connectivity index is 1.48. The Morgan fingerprint density at radius 1 is 0.909 bits per heavy atom. The predicted octanol–water partition coefficient (Wildman–Crippen LogP) is 4.56. The average molecular weight is 439 g/mol. The summed E-state index contributed by atoms with van der Waals surface area (Å²) >= 11 is 0. The molecule has 2 N–H and O–H groups in total. The number of aromatic nitrogens is 1. The fourth-order valence-electron chi connectivity index (χ4n) is 6.48. The van der Waals surface area contributed by atoms with Gasteiger partial charge in [0.25, 0.3) is 0 Å². The van der Waals surface area contributed by atoms with Gasteiger partial charge in [0.05, 0.1) is 5.60 Å². The Labute approximate surface area is 194 Å². The quantitative estimate of drug-likeness (QED) is 0.493. The number of rotatable bonds is 3.